The molecule has 4 aromatic rings. The predicted molar refractivity (Wildman–Crippen MR) is 159 cm³/mol. The highest BCUT2D eigenvalue weighted by molar-refractivity contribution is 7.12. The fourth-order valence-corrected chi connectivity index (χ4v) is 5.48. The molecule has 0 saturated carbocycles. The molecule has 1 aliphatic rings. The van der Waals surface area contributed by atoms with Crippen LogP contribution in [0.25, 0.3) is 11.0 Å². The molecule has 1 aliphatic heterocycles. The third kappa shape index (κ3) is 5.94. The quantitative estimate of drug-likeness (QED) is 0.214. The van der Waals surface area contributed by atoms with Gasteiger partial charge in [-0.25, -0.2) is 0 Å². The molecule has 1 aromatic carbocycles. The number of rotatable bonds is 10. The zero-order valence-corrected chi connectivity index (χ0v) is 23.7. The molecule has 0 bridgehead atoms. The maximum atomic E-state index is 12.6. The van der Waals surface area contributed by atoms with Crippen molar-refractivity contribution in [2.24, 2.45) is 0 Å². The van der Waals surface area contributed by atoms with Gasteiger partial charge in [-0.1, -0.05) is 6.92 Å². The Morgan fingerprint density at radius 3 is 2.67 bits per heavy atom. The molecule has 1 saturated heterocycles. The molecule has 10 nitrogen and oxygen atoms in total. The summed E-state index contributed by atoms with van der Waals surface area (Å²) in [5.41, 5.74) is 3.30. The minimum Gasteiger partial charge on any atom is -0.494 e. The number of benzene rings is 1. The topological polar surface area (TPSA) is 110 Å². The summed E-state index contributed by atoms with van der Waals surface area (Å²) in [6, 6.07) is 10.5. The third-order valence-corrected chi connectivity index (χ3v) is 7.83. The number of aromatic amines is 1. The molecular weight excluding hydrogens is 512 g/mol. The average Bonchev–Trinajstić information content (AvgIpc) is 3.62. The van der Waals surface area contributed by atoms with E-state index in [-0.39, 0.29) is 5.91 Å². The van der Waals surface area contributed by atoms with E-state index in [2.05, 4.69) is 61.7 Å². The molecular formula is C28H36N8O2S. The molecule has 5 rings (SSSR count). The summed E-state index contributed by atoms with van der Waals surface area (Å²) in [7, 11) is 1.67. The SMILES string of the molecule is CCCNC(=O)c1sccc1Nc1nc(Nc2ccc(N3CCN(C(C)C)CC3)cc2OC)nc2[nH]ccc12. The Morgan fingerprint density at radius 2 is 1.92 bits per heavy atom. The standard InChI is InChI=1S/C28H36N8O2S/c1-5-10-30-27(37)24-22(9-16-39-24)31-26-20-8-11-29-25(20)33-28(34-26)32-21-7-6-19(17-23(21)38-4)36-14-12-35(13-15-36)18(2)3/h6-9,11,16-18H,5,10,12-15H2,1-4H3,(H,30,37)(H3,29,31,32,33,34). The van der Waals surface area contributed by atoms with Gasteiger partial charge in [-0.05, 0) is 49.9 Å². The van der Waals surface area contributed by atoms with Crippen LogP contribution in [0.15, 0.2) is 41.9 Å². The third-order valence-electron chi connectivity index (χ3n) is 6.92. The first kappa shape index (κ1) is 26.8. The monoisotopic (exact) mass is 548 g/mol. The van der Waals surface area contributed by atoms with E-state index in [1.165, 1.54) is 11.3 Å². The second-order valence-electron chi connectivity index (χ2n) is 9.81. The molecule has 11 heteroatoms. The van der Waals surface area contributed by atoms with Gasteiger partial charge in [0.1, 0.15) is 22.1 Å². The lowest BCUT2D eigenvalue weighted by Crippen LogP contribution is -2.48. The van der Waals surface area contributed by atoms with Crippen LogP contribution < -0.4 is 25.6 Å². The van der Waals surface area contributed by atoms with E-state index in [4.69, 9.17) is 9.72 Å². The molecule has 0 radical (unpaired) electrons. The number of amides is 1. The van der Waals surface area contributed by atoms with E-state index in [0.717, 1.165) is 55.1 Å². The number of H-pyrrole nitrogens is 1. The Morgan fingerprint density at radius 1 is 1.10 bits per heavy atom. The number of methoxy groups -OCH3 is 1. The first-order valence-corrected chi connectivity index (χ1v) is 14.3. The number of anilines is 5. The smallest absolute Gasteiger partial charge is 0.263 e. The highest BCUT2D eigenvalue weighted by atomic mass is 32.1. The molecule has 206 valence electrons. The van der Waals surface area contributed by atoms with Crippen LogP contribution in [0.2, 0.25) is 0 Å². The molecule has 1 fully saturated rings. The second-order valence-corrected chi connectivity index (χ2v) is 10.7. The molecule has 0 spiro atoms. The van der Waals surface area contributed by atoms with Crippen molar-refractivity contribution >= 4 is 57.1 Å². The van der Waals surface area contributed by atoms with Gasteiger partial charge in [-0.3, -0.25) is 9.69 Å². The summed E-state index contributed by atoms with van der Waals surface area (Å²) < 4.78 is 5.75. The molecule has 0 aliphatic carbocycles. The van der Waals surface area contributed by atoms with Crippen LogP contribution in [-0.2, 0) is 0 Å². The van der Waals surface area contributed by atoms with Gasteiger partial charge in [0, 0.05) is 56.7 Å². The number of carbonyl (C=O) groups is 1. The number of fused-ring (bicyclic) bond motifs is 1. The number of ether oxygens (including phenoxy) is 1. The summed E-state index contributed by atoms with van der Waals surface area (Å²) in [6.45, 7) is 11.2. The summed E-state index contributed by atoms with van der Waals surface area (Å²) in [6.07, 6.45) is 2.70. The number of carbonyl (C=O) groups excluding carboxylic acids is 1. The van der Waals surface area contributed by atoms with Crippen molar-refractivity contribution in [2.75, 3.05) is 55.4 Å². The van der Waals surface area contributed by atoms with Crippen LogP contribution in [0.3, 0.4) is 0 Å². The molecule has 4 N–H and O–H groups in total. The number of nitrogens with one attached hydrogen (secondary N) is 4. The lowest BCUT2D eigenvalue weighted by Gasteiger charge is -2.38. The highest BCUT2D eigenvalue weighted by Crippen LogP contribution is 2.34. The van der Waals surface area contributed by atoms with Crippen molar-refractivity contribution in [3.05, 3.63) is 46.8 Å². The van der Waals surface area contributed by atoms with Crippen molar-refractivity contribution in [3.8, 4) is 5.75 Å². The number of thiophene rings is 1. The van der Waals surface area contributed by atoms with Crippen LogP contribution in [0.4, 0.5) is 28.8 Å². The first-order chi connectivity index (χ1) is 19.0. The van der Waals surface area contributed by atoms with Gasteiger partial charge in [0.05, 0.1) is 23.9 Å². The van der Waals surface area contributed by atoms with Gasteiger partial charge in [-0.2, -0.15) is 9.97 Å². The minimum absolute atomic E-state index is 0.0949. The Hall–Kier alpha value is -3.83. The Kier molecular flexibility index (Phi) is 8.18. The van der Waals surface area contributed by atoms with E-state index in [0.29, 0.717) is 40.6 Å². The van der Waals surface area contributed by atoms with E-state index >= 15 is 0 Å². The van der Waals surface area contributed by atoms with Gasteiger partial charge in [-0.15, -0.1) is 11.3 Å². The van der Waals surface area contributed by atoms with Gasteiger partial charge < -0.3 is 30.6 Å². The number of nitrogens with zero attached hydrogens (tertiary/aromatic N) is 4. The van der Waals surface area contributed by atoms with Crippen LogP contribution in [0, 0.1) is 0 Å². The van der Waals surface area contributed by atoms with Crippen LogP contribution in [0.5, 0.6) is 5.75 Å². The van der Waals surface area contributed by atoms with Crippen LogP contribution >= 0.6 is 11.3 Å². The normalized spacial score (nSPS) is 14.1. The van der Waals surface area contributed by atoms with Crippen molar-refractivity contribution in [1.29, 1.82) is 0 Å². The predicted octanol–water partition coefficient (Wildman–Crippen LogP) is 5.19. The fourth-order valence-electron chi connectivity index (χ4n) is 4.72. The summed E-state index contributed by atoms with van der Waals surface area (Å²) >= 11 is 1.40. The molecule has 1 amide bonds. The molecule has 3 aromatic heterocycles. The van der Waals surface area contributed by atoms with Gasteiger partial charge in [0.15, 0.2) is 0 Å². The van der Waals surface area contributed by atoms with Crippen molar-refractivity contribution in [2.45, 2.75) is 33.2 Å². The van der Waals surface area contributed by atoms with E-state index < -0.39 is 0 Å². The van der Waals surface area contributed by atoms with Crippen molar-refractivity contribution in [1.82, 2.24) is 25.2 Å². The molecule has 0 atom stereocenters. The summed E-state index contributed by atoms with van der Waals surface area (Å²) in [5.74, 6) is 1.64. The largest absolute Gasteiger partial charge is 0.494 e. The van der Waals surface area contributed by atoms with E-state index in [9.17, 15) is 4.79 Å². The number of aromatic nitrogens is 3. The van der Waals surface area contributed by atoms with Crippen molar-refractivity contribution < 1.29 is 9.53 Å². The zero-order chi connectivity index (χ0) is 27.4. The van der Waals surface area contributed by atoms with Crippen LogP contribution in [0.1, 0.15) is 36.9 Å². The van der Waals surface area contributed by atoms with Crippen LogP contribution in [-0.4, -0.2) is 71.6 Å². The van der Waals surface area contributed by atoms with Gasteiger partial charge >= 0.3 is 0 Å². The minimum atomic E-state index is -0.0949. The molecule has 0 unspecified atom stereocenters. The average molecular weight is 549 g/mol. The van der Waals surface area contributed by atoms with E-state index in [1.807, 2.05) is 36.7 Å². The van der Waals surface area contributed by atoms with Crippen molar-refractivity contribution in [3.63, 3.8) is 0 Å². The molecule has 4 heterocycles. The number of hydrogen-bond acceptors (Lipinski definition) is 9. The maximum Gasteiger partial charge on any atom is 0.263 e. The summed E-state index contributed by atoms with van der Waals surface area (Å²) in [4.78, 5) is 30.8. The maximum absolute atomic E-state index is 12.6. The van der Waals surface area contributed by atoms with E-state index in [1.54, 1.807) is 7.11 Å². The number of hydrogen-bond donors (Lipinski definition) is 4. The zero-order valence-electron chi connectivity index (χ0n) is 22.9. The first-order valence-electron chi connectivity index (χ1n) is 13.4. The molecule has 39 heavy (non-hydrogen) atoms. The second kappa shape index (κ2) is 11.9. The van der Waals surface area contributed by atoms with Gasteiger partial charge in [0.2, 0.25) is 5.95 Å². The lowest BCUT2D eigenvalue weighted by atomic mass is 10.2. The van der Waals surface area contributed by atoms with Gasteiger partial charge in [0.25, 0.3) is 5.91 Å². The number of piperazine rings is 1. The fraction of sp³-hybridized carbons (Fsp3) is 0.393. The highest BCUT2D eigenvalue weighted by Gasteiger charge is 2.21. The Balaban J connectivity index is 1.37. The Bertz CT molecular complexity index is 1420. The summed E-state index contributed by atoms with van der Waals surface area (Å²) in [5, 5.41) is 12.4. The Labute approximate surface area is 232 Å². The lowest BCUT2D eigenvalue weighted by molar-refractivity contribution is 0.0958.